The van der Waals surface area contributed by atoms with Crippen molar-refractivity contribution in [2.75, 3.05) is 11.9 Å². The van der Waals surface area contributed by atoms with Crippen LogP contribution in [0, 0.1) is 0 Å². The van der Waals surface area contributed by atoms with Gasteiger partial charge in [0, 0.05) is 31.3 Å². The van der Waals surface area contributed by atoms with Gasteiger partial charge in [-0.05, 0) is 48.5 Å². The number of nitrogens with zero attached hydrogens (tertiary/aromatic N) is 2. The lowest BCUT2D eigenvalue weighted by molar-refractivity contribution is 0.134. The number of amides is 1. The summed E-state index contributed by atoms with van der Waals surface area (Å²) in [7, 11) is 0. The molecule has 0 bridgehead atoms. The maximum atomic E-state index is 12.1. The number of amidine groups is 1. The first-order valence-corrected chi connectivity index (χ1v) is 10.7. The van der Waals surface area contributed by atoms with E-state index in [0.29, 0.717) is 33.0 Å². The Balaban J connectivity index is 1.55. The van der Waals surface area contributed by atoms with Gasteiger partial charge in [0.05, 0.1) is 11.4 Å². The topological polar surface area (TPSA) is 75.1 Å². The van der Waals surface area contributed by atoms with E-state index >= 15 is 0 Å². The van der Waals surface area contributed by atoms with Gasteiger partial charge in [0.15, 0.2) is 5.84 Å². The highest BCUT2D eigenvalue weighted by Gasteiger charge is 2.19. The minimum atomic E-state index is -0.694. The number of anilines is 1. The molecule has 3 aromatic carbocycles. The van der Waals surface area contributed by atoms with Crippen molar-refractivity contribution in [3.63, 3.8) is 0 Å². The second-order valence-corrected chi connectivity index (χ2v) is 8.25. The molecule has 2 N–H and O–H groups in total. The number of rotatable bonds is 2. The second-order valence-electron chi connectivity index (χ2n) is 6.49. The van der Waals surface area contributed by atoms with E-state index in [2.05, 4.69) is 36.7 Å². The summed E-state index contributed by atoms with van der Waals surface area (Å²) in [5.41, 5.74) is 6.12. The van der Waals surface area contributed by atoms with Crippen molar-refractivity contribution in [2.24, 2.45) is 9.98 Å². The summed E-state index contributed by atoms with van der Waals surface area (Å²) in [5, 5.41) is 3.75. The summed E-state index contributed by atoms with van der Waals surface area (Å²) < 4.78 is 0.885. The van der Waals surface area contributed by atoms with Crippen LogP contribution in [0.15, 0.2) is 81.2 Å². The SMILES string of the molecule is O=C(Nc1ccc(Cl)cc1)ONC1=Nc2ccc(Br)cc2C(c2ccccc2Cl)=NC1. The number of nitrogens with one attached hydrogen (secondary N) is 2. The number of hydroxylamine groups is 1. The summed E-state index contributed by atoms with van der Waals surface area (Å²) in [6.07, 6.45) is -0.694. The van der Waals surface area contributed by atoms with Crippen LogP contribution in [-0.4, -0.2) is 24.2 Å². The van der Waals surface area contributed by atoms with E-state index in [1.807, 2.05) is 42.5 Å². The Morgan fingerprint density at radius 1 is 1.00 bits per heavy atom. The van der Waals surface area contributed by atoms with Crippen molar-refractivity contribution in [3.05, 3.63) is 92.4 Å². The fourth-order valence-corrected chi connectivity index (χ4v) is 3.65. The van der Waals surface area contributed by atoms with E-state index in [4.69, 9.17) is 28.0 Å². The molecular weight excluding hydrogens is 503 g/mol. The van der Waals surface area contributed by atoms with Gasteiger partial charge < -0.3 is 4.84 Å². The van der Waals surface area contributed by atoms with Crippen LogP contribution >= 0.6 is 39.1 Å². The van der Waals surface area contributed by atoms with Crippen LogP contribution in [0.5, 0.6) is 0 Å². The third-order valence-corrected chi connectivity index (χ3v) is 5.41. The van der Waals surface area contributed by atoms with Gasteiger partial charge in [-0.2, -0.15) is 0 Å². The zero-order valence-electron chi connectivity index (χ0n) is 15.9. The van der Waals surface area contributed by atoms with Gasteiger partial charge in [-0.15, -0.1) is 0 Å². The Morgan fingerprint density at radius 3 is 2.55 bits per heavy atom. The molecule has 1 aliphatic rings. The van der Waals surface area contributed by atoms with E-state index in [-0.39, 0.29) is 6.54 Å². The van der Waals surface area contributed by atoms with Gasteiger partial charge >= 0.3 is 6.09 Å². The lowest BCUT2D eigenvalue weighted by Crippen LogP contribution is -2.31. The van der Waals surface area contributed by atoms with Crippen molar-refractivity contribution >= 4 is 68.1 Å². The first kappa shape index (κ1) is 21.4. The van der Waals surface area contributed by atoms with E-state index in [9.17, 15) is 4.79 Å². The lowest BCUT2D eigenvalue weighted by Gasteiger charge is -2.10. The maximum Gasteiger partial charge on any atom is 0.435 e. The van der Waals surface area contributed by atoms with Crippen molar-refractivity contribution in [3.8, 4) is 0 Å². The maximum absolute atomic E-state index is 12.1. The molecule has 4 rings (SSSR count). The Bertz CT molecular complexity index is 1200. The molecule has 0 atom stereocenters. The van der Waals surface area contributed by atoms with Crippen LogP contribution < -0.4 is 10.8 Å². The number of aliphatic imine (C=N–C) groups is 2. The Hall–Kier alpha value is -2.87. The zero-order chi connectivity index (χ0) is 21.8. The molecule has 0 saturated carbocycles. The van der Waals surface area contributed by atoms with Gasteiger partial charge in [-0.25, -0.2) is 15.3 Å². The molecule has 0 radical (unpaired) electrons. The molecule has 0 aliphatic carbocycles. The molecule has 31 heavy (non-hydrogen) atoms. The average molecular weight is 518 g/mol. The molecule has 0 spiro atoms. The molecular formula is C22H15BrCl2N4O2. The second kappa shape index (κ2) is 9.51. The fourth-order valence-electron chi connectivity index (χ4n) is 2.94. The normalized spacial score (nSPS) is 12.7. The van der Waals surface area contributed by atoms with Gasteiger partial charge in [0.2, 0.25) is 0 Å². The van der Waals surface area contributed by atoms with E-state index in [0.717, 1.165) is 15.6 Å². The number of benzene rings is 3. The Kier molecular flexibility index (Phi) is 6.56. The highest BCUT2D eigenvalue weighted by atomic mass is 79.9. The molecule has 1 heterocycles. The molecule has 0 fully saturated rings. The van der Waals surface area contributed by atoms with Crippen molar-refractivity contribution < 1.29 is 9.63 Å². The molecule has 9 heteroatoms. The van der Waals surface area contributed by atoms with Crippen LogP contribution in [0.1, 0.15) is 11.1 Å². The third kappa shape index (κ3) is 5.25. The van der Waals surface area contributed by atoms with Crippen molar-refractivity contribution in [1.82, 2.24) is 5.48 Å². The number of hydrogen-bond donors (Lipinski definition) is 2. The Labute approximate surface area is 197 Å². The molecule has 156 valence electrons. The predicted molar refractivity (Wildman–Crippen MR) is 128 cm³/mol. The third-order valence-electron chi connectivity index (χ3n) is 4.34. The average Bonchev–Trinajstić information content (AvgIpc) is 2.93. The summed E-state index contributed by atoms with van der Waals surface area (Å²) in [5.74, 6) is 0.372. The first-order chi connectivity index (χ1) is 15.0. The number of halogens is 3. The van der Waals surface area contributed by atoms with Gasteiger partial charge in [0.1, 0.15) is 6.54 Å². The highest BCUT2D eigenvalue weighted by molar-refractivity contribution is 9.10. The fraction of sp³-hybridized carbons (Fsp3) is 0.0455. The van der Waals surface area contributed by atoms with Crippen molar-refractivity contribution in [1.29, 1.82) is 0 Å². The van der Waals surface area contributed by atoms with E-state index in [1.54, 1.807) is 24.3 Å². The van der Waals surface area contributed by atoms with Crippen LogP contribution in [0.3, 0.4) is 0 Å². The first-order valence-electron chi connectivity index (χ1n) is 9.16. The standard InChI is InChI=1S/C22H15BrCl2N4O2/c23-13-5-10-19-17(11-13)21(16-3-1-2-4-18(16)25)26-12-20(28-19)29-31-22(30)27-15-8-6-14(24)7-9-15/h1-11H,12H2,(H,27,30)(H,28,29). The monoisotopic (exact) mass is 516 g/mol. The number of hydrogen-bond acceptors (Lipinski definition) is 5. The van der Waals surface area contributed by atoms with Crippen LogP contribution in [0.25, 0.3) is 0 Å². The molecule has 0 aromatic heterocycles. The quantitative estimate of drug-likeness (QED) is 0.387. The minimum absolute atomic E-state index is 0.168. The molecule has 0 saturated heterocycles. The largest absolute Gasteiger partial charge is 0.435 e. The van der Waals surface area contributed by atoms with E-state index in [1.165, 1.54) is 0 Å². The summed E-state index contributed by atoms with van der Waals surface area (Å²) in [6.45, 7) is 0.168. The minimum Gasteiger partial charge on any atom is -0.323 e. The molecule has 0 unspecified atom stereocenters. The van der Waals surface area contributed by atoms with E-state index < -0.39 is 6.09 Å². The van der Waals surface area contributed by atoms with Crippen LogP contribution in [0.4, 0.5) is 16.2 Å². The number of fused-ring (bicyclic) bond motifs is 1. The van der Waals surface area contributed by atoms with Gasteiger partial charge in [-0.3, -0.25) is 10.3 Å². The van der Waals surface area contributed by atoms with Gasteiger partial charge in [0.25, 0.3) is 0 Å². The van der Waals surface area contributed by atoms with Gasteiger partial charge in [-0.1, -0.05) is 57.3 Å². The summed E-state index contributed by atoms with van der Waals surface area (Å²) in [4.78, 5) is 26.5. The lowest BCUT2D eigenvalue weighted by atomic mass is 10.0. The molecule has 1 aliphatic heterocycles. The number of carbonyl (C=O) groups is 1. The highest BCUT2D eigenvalue weighted by Crippen LogP contribution is 2.30. The summed E-state index contributed by atoms with van der Waals surface area (Å²) in [6, 6.07) is 19.8. The van der Waals surface area contributed by atoms with Crippen molar-refractivity contribution in [2.45, 2.75) is 0 Å². The number of carbonyl (C=O) groups excluding carboxylic acids is 1. The zero-order valence-corrected chi connectivity index (χ0v) is 19.0. The predicted octanol–water partition coefficient (Wildman–Crippen LogP) is 6.39. The smallest absolute Gasteiger partial charge is 0.323 e. The molecule has 3 aromatic rings. The summed E-state index contributed by atoms with van der Waals surface area (Å²) >= 11 is 15.8. The molecule has 1 amide bonds. The van der Waals surface area contributed by atoms with Crippen LogP contribution in [0.2, 0.25) is 10.0 Å². The van der Waals surface area contributed by atoms with Crippen LogP contribution in [-0.2, 0) is 4.84 Å². The molecule has 6 nitrogen and oxygen atoms in total. The Morgan fingerprint density at radius 2 is 1.77 bits per heavy atom.